The van der Waals surface area contributed by atoms with Gasteiger partial charge in [-0.05, 0) is 49.9 Å². The van der Waals surface area contributed by atoms with Crippen LogP contribution in [-0.2, 0) is 9.53 Å². The van der Waals surface area contributed by atoms with Crippen molar-refractivity contribution in [1.29, 1.82) is 0 Å². The van der Waals surface area contributed by atoms with Crippen molar-refractivity contribution in [3.63, 3.8) is 0 Å². The minimum atomic E-state index is -1.21. The highest BCUT2D eigenvalue weighted by Gasteiger charge is 2.62. The van der Waals surface area contributed by atoms with Gasteiger partial charge in [-0.15, -0.1) is 0 Å². The Morgan fingerprint density at radius 1 is 1.50 bits per heavy atom. The van der Waals surface area contributed by atoms with E-state index < -0.39 is 11.5 Å². The second kappa shape index (κ2) is 4.70. The van der Waals surface area contributed by atoms with Gasteiger partial charge in [-0.3, -0.25) is 4.79 Å². The van der Waals surface area contributed by atoms with Gasteiger partial charge in [0.2, 0.25) is 0 Å². The summed E-state index contributed by atoms with van der Waals surface area (Å²) in [6, 6.07) is 0. The number of carbonyl (C=O) groups is 1. The molecule has 20 heavy (non-hydrogen) atoms. The van der Waals surface area contributed by atoms with Crippen LogP contribution < -0.4 is 5.73 Å². The molecule has 0 aliphatic heterocycles. The van der Waals surface area contributed by atoms with Gasteiger partial charge in [-0.2, -0.15) is 0 Å². The van der Waals surface area contributed by atoms with Crippen molar-refractivity contribution >= 4 is 5.97 Å². The summed E-state index contributed by atoms with van der Waals surface area (Å²) in [5, 5.41) is 9.11. The molecule has 2 aliphatic carbocycles. The summed E-state index contributed by atoms with van der Waals surface area (Å²) < 4.78 is 6.23. The predicted octanol–water partition coefficient (Wildman–Crippen LogP) is 2.80. The molecule has 3 N–H and O–H groups in total. The van der Waals surface area contributed by atoms with E-state index in [-0.39, 0.29) is 17.6 Å². The lowest BCUT2D eigenvalue weighted by Gasteiger charge is -2.40. The van der Waals surface area contributed by atoms with Crippen molar-refractivity contribution in [3.05, 3.63) is 0 Å². The molecule has 2 aliphatic rings. The van der Waals surface area contributed by atoms with Crippen molar-refractivity contribution in [3.8, 4) is 0 Å². The fourth-order valence-corrected chi connectivity index (χ4v) is 4.35. The highest BCUT2D eigenvalue weighted by molar-refractivity contribution is 5.77. The first-order chi connectivity index (χ1) is 9.00. The van der Waals surface area contributed by atoms with E-state index in [0.29, 0.717) is 11.8 Å². The van der Waals surface area contributed by atoms with Crippen LogP contribution >= 0.6 is 0 Å². The molecule has 0 saturated heterocycles. The van der Waals surface area contributed by atoms with Gasteiger partial charge in [-0.1, -0.05) is 20.8 Å². The number of hydrogen-bond donors (Lipinski definition) is 2. The van der Waals surface area contributed by atoms with Gasteiger partial charge in [0.1, 0.15) is 5.54 Å². The molecule has 0 heterocycles. The molecule has 2 bridgehead atoms. The fraction of sp³-hybridized carbons (Fsp3) is 0.938. The van der Waals surface area contributed by atoms with Gasteiger partial charge in [0.25, 0.3) is 0 Å². The lowest BCUT2D eigenvalue weighted by molar-refractivity contribution is -0.146. The van der Waals surface area contributed by atoms with Crippen molar-refractivity contribution in [1.82, 2.24) is 0 Å². The first-order valence-corrected chi connectivity index (χ1v) is 7.68. The van der Waals surface area contributed by atoms with Gasteiger partial charge in [0.05, 0.1) is 12.2 Å². The predicted molar refractivity (Wildman–Crippen MR) is 78.4 cm³/mol. The van der Waals surface area contributed by atoms with Crippen LogP contribution in [0.1, 0.15) is 60.3 Å². The monoisotopic (exact) mass is 283 g/mol. The molecule has 0 aromatic heterocycles. The molecule has 4 heteroatoms. The molecule has 2 rings (SSSR count). The fourth-order valence-electron chi connectivity index (χ4n) is 4.35. The Hall–Kier alpha value is -0.610. The number of nitrogens with two attached hydrogens (primary N) is 1. The Kier molecular flexibility index (Phi) is 3.71. The van der Waals surface area contributed by atoms with Gasteiger partial charge in [-0.25, -0.2) is 0 Å². The standard InChI is InChI=1S/C16H29NO3/c1-10(9-16(5,17)13(18)19)20-12-8-11-6-7-15(12,4)14(11,2)3/h10-12H,6-9,17H2,1-5H3,(H,18,19). The molecule has 4 nitrogen and oxygen atoms in total. The zero-order chi connectivity index (χ0) is 15.3. The van der Waals surface area contributed by atoms with Crippen molar-refractivity contribution in [2.45, 2.75) is 78.0 Å². The average molecular weight is 283 g/mol. The number of fused-ring (bicyclic) bond motifs is 2. The number of rotatable bonds is 5. The number of ether oxygens (including phenoxy) is 1. The highest BCUT2D eigenvalue weighted by Crippen LogP contribution is 2.66. The zero-order valence-electron chi connectivity index (χ0n) is 13.4. The Morgan fingerprint density at radius 2 is 2.10 bits per heavy atom. The number of hydrogen-bond acceptors (Lipinski definition) is 3. The molecule has 5 atom stereocenters. The van der Waals surface area contributed by atoms with E-state index in [4.69, 9.17) is 15.6 Å². The van der Waals surface area contributed by atoms with Gasteiger partial charge >= 0.3 is 5.97 Å². The second-order valence-electron chi connectivity index (χ2n) is 7.97. The lowest BCUT2D eigenvalue weighted by atomic mass is 9.70. The maximum absolute atomic E-state index is 11.1. The molecule has 0 spiro atoms. The van der Waals surface area contributed by atoms with Crippen molar-refractivity contribution in [2.24, 2.45) is 22.5 Å². The minimum Gasteiger partial charge on any atom is -0.480 e. The lowest BCUT2D eigenvalue weighted by Crippen LogP contribution is -2.48. The van der Waals surface area contributed by atoms with Crippen LogP contribution in [0.25, 0.3) is 0 Å². The Bertz CT molecular complexity index is 405. The molecule has 116 valence electrons. The highest BCUT2D eigenvalue weighted by atomic mass is 16.5. The van der Waals surface area contributed by atoms with Gasteiger partial charge in [0, 0.05) is 6.42 Å². The third-order valence-electron chi connectivity index (χ3n) is 6.31. The van der Waals surface area contributed by atoms with Crippen LogP contribution in [0.15, 0.2) is 0 Å². The van der Waals surface area contributed by atoms with E-state index >= 15 is 0 Å². The molecule has 0 aromatic rings. The van der Waals surface area contributed by atoms with Gasteiger partial charge < -0.3 is 15.6 Å². The van der Waals surface area contributed by atoms with Crippen LogP contribution in [-0.4, -0.2) is 28.8 Å². The molecule has 5 unspecified atom stereocenters. The average Bonchev–Trinajstić information content (AvgIpc) is 2.61. The molecule has 2 fully saturated rings. The van der Waals surface area contributed by atoms with E-state index in [1.165, 1.54) is 12.8 Å². The molecule has 0 amide bonds. The van der Waals surface area contributed by atoms with Crippen LogP contribution in [0, 0.1) is 16.7 Å². The first-order valence-electron chi connectivity index (χ1n) is 7.68. The first kappa shape index (κ1) is 15.8. The van der Waals surface area contributed by atoms with Crippen LogP contribution in [0.3, 0.4) is 0 Å². The SMILES string of the molecule is CC(CC(C)(N)C(=O)O)OC1CC2CCC1(C)C2(C)C. The van der Waals surface area contributed by atoms with E-state index in [0.717, 1.165) is 12.3 Å². The Balaban J connectivity index is 2.00. The second-order valence-corrected chi connectivity index (χ2v) is 7.97. The molecule has 0 radical (unpaired) electrons. The molecular formula is C16H29NO3. The summed E-state index contributed by atoms with van der Waals surface area (Å²) in [5.41, 5.74) is 5.13. The van der Waals surface area contributed by atoms with Crippen molar-refractivity contribution < 1.29 is 14.6 Å². The van der Waals surface area contributed by atoms with Crippen LogP contribution in [0.2, 0.25) is 0 Å². The van der Waals surface area contributed by atoms with Gasteiger partial charge in [0.15, 0.2) is 0 Å². The summed E-state index contributed by atoms with van der Waals surface area (Å²) in [4.78, 5) is 11.1. The topological polar surface area (TPSA) is 72.6 Å². The molecule has 2 saturated carbocycles. The maximum Gasteiger partial charge on any atom is 0.323 e. The minimum absolute atomic E-state index is 0.127. The van der Waals surface area contributed by atoms with E-state index in [2.05, 4.69) is 20.8 Å². The largest absolute Gasteiger partial charge is 0.480 e. The Morgan fingerprint density at radius 3 is 2.50 bits per heavy atom. The molecule has 0 aromatic carbocycles. The smallest absolute Gasteiger partial charge is 0.323 e. The normalized spacial score (nSPS) is 39.5. The third-order valence-corrected chi connectivity index (χ3v) is 6.31. The quantitative estimate of drug-likeness (QED) is 0.813. The summed E-state index contributed by atoms with van der Waals surface area (Å²) >= 11 is 0. The number of carboxylic acids is 1. The summed E-state index contributed by atoms with van der Waals surface area (Å²) in [5.74, 6) is -0.235. The van der Waals surface area contributed by atoms with Crippen LogP contribution in [0.4, 0.5) is 0 Å². The maximum atomic E-state index is 11.1. The third kappa shape index (κ3) is 2.27. The van der Waals surface area contributed by atoms with E-state index in [9.17, 15) is 4.79 Å². The summed E-state index contributed by atoms with van der Waals surface area (Å²) in [6.07, 6.45) is 4.05. The van der Waals surface area contributed by atoms with E-state index in [1.807, 2.05) is 6.92 Å². The Labute approximate surface area is 122 Å². The zero-order valence-corrected chi connectivity index (χ0v) is 13.4. The molecular weight excluding hydrogens is 254 g/mol. The van der Waals surface area contributed by atoms with E-state index in [1.54, 1.807) is 6.92 Å². The summed E-state index contributed by atoms with van der Waals surface area (Å²) in [6.45, 7) is 10.5. The number of carboxylic acid groups (broad SMARTS) is 1. The summed E-state index contributed by atoms with van der Waals surface area (Å²) in [7, 11) is 0. The van der Waals surface area contributed by atoms with Crippen LogP contribution in [0.5, 0.6) is 0 Å². The van der Waals surface area contributed by atoms with Crippen molar-refractivity contribution in [2.75, 3.05) is 0 Å². The number of aliphatic carboxylic acids is 1.